The number of fused-ring (bicyclic) bond motifs is 1. The van der Waals surface area contributed by atoms with Gasteiger partial charge in [-0.3, -0.25) is 0 Å². The van der Waals surface area contributed by atoms with E-state index in [1.54, 1.807) is 0 Å². The zero-order valence-corrected chi connectivity index (χ0v) is 16.3. The van der Waals surface area contributed by atoms with Gasteiger partial charge in [0.25, 0.3) is 0 Å². The molecule has 2 nitrogen and oxygen atoms in total. The lowest BCUT2D eigenvalue weighted by atomic mass is 10.1. The zero-order chi connectivity index (χ0) is 18.5. The van der Waals surface area contributed by atoms with Crippen molar-refractivity contribution in [2.45, 2.75) is 77.6 Å². The molecule has 0 aliphatic carbocycles. The van der Waals surface area contributed by atoms with Gasteiger partial charge >= 0.3 is 0 Å². The van der Waals surface area contributed by atoms with E-state index in [4.69, 9.17) is 10.00 Å². The summed E-state index contributed by atoms with van der Waals surface area (Å²) in [6, 6.07) is 14.6. The average molecular weight is 352 g/mol. The molecule has 0 amide bonds. The van der Waals surface area contributed by atoms with E-state index >= 15 is 0 Å². The lowest BCUT2D eigenvalue weighted by molar-refractivity contribution is 0.304. The Morgan fingerprint density at radius 1 is 0.769 bits per heavy atom. The third-order valence-electron chi connectivity index (χ3n) is 4.93. The third kappa shape index (κ3) is 7.48. The van der Waals surface area contributed by atoms with E-state index in [9.17, 15) is 0 Å². The molecule has 0 saturated carbocycles. The van der Waals surface area contributed by atoms with Crippen molar-refractivity contribution in [2.24, 2.45) is 0 Å². The second kappa shape index (κ2) is 12.4. The molecular weight excluding hydrogens is 318 g/mol. The van der Waals surface area contributed by atoms with Crippen LogP contribution in [-0.4, -0.2) is 6.61 Å². The highest BCUT2D eigenvalue weighted by Crippen LogP contribution is 2.22. The Bertz CT molecular complexity index is 686. The molecule has 0 heterocycles. The van der Waals surface area contributed by atoms with Crippen LogP contribution in [0.4, 0.5) is 0 Å². The van der Waals surface area contributed by atoms with Crippen LogP contribution < -0.4 is 4.74 Å². The molecule has 0 aliphatic heterocycles. The monoisotopic (exact) mass is 351 g/mol. The van der Waals surface area contributed by atoms with Gasteiger partial charge < -0.3 is 4.74 Å². The SMILES string of the molecule is CCCCCCCCCCCCOc1ccc2cc(CC#N)ccc2c1. The van der Waals surface area contributed by atoms with Crippen LogP contribution in [0.2, 0.25) is 0 Å². The molecule has 2 aromatic carbocycles. The highest BCUT2D eigenvalue weighted by Gasteiger charge is 2.00. The van der Waals surface area contributed by atoms with Crippen LogP contribution in [0.25, 0.3) is 10.8 Å². The fourth-order valence-electron chi connectivity index (χ4n) is 3.34. The summed E-state index contributed by atoms with van der Waals surface area (Å²) in [5.41, 5.74) is 1.07. The van der Waals surface area contributed by atoms with Gasteiger partial charge in [-0.15, -0.1) is 0 Å². The maximum absolute atomic E-state index is 8.80. The molecule has 0 unspecified atom stereocenters. The van der Waals surface area contributed by atoms with Crippen LogP contribution in [0.1, 0.15) is 76.7 Å². The summed E-state index contributed by atoms with van der Waals surface area (Å²) in [6.07, 6.45) is 13.9. The first kappa shape index (κ1) is 20.3. The molecule has 2 heteroatoms. The summed E-state index contributed by atoms with van der Waals surface area (Å²) < 4.78 is 5.91. The molecule has 0 saturated heterocycles. The molecule has 0 bridgehead atoms. The molecule has 0 spiro atoms. The van der Waals surface area contributed by atoms with E-state index < -0.39 is 0 Å². The van der Waals surface area contributed by atoms with Gasteiger partial charge in [0.1, 0.15) is 5.75 Å². The molecule has 2 aromatic rings. The number of benzene rings is 2. The van der Waals surface area contributed by atoms with E-state index in [0.717, 1.165) is 24.3 Å². The Balaban J connectivity index is 1.59. The summed E-state index contributed by atoms with van der Waals surface area (Å²) in [5.74, 6) is 0.946. The van der Waals surface area contributed by atoms with Crippen LogP contribution in [0.3, 0.4) is 0 Å². The fourth-order valence-corrected chi connectivity index (χ4v) is 3.34. The minimum Gasteiger partial charge on any atom is -0.494 e. The van der Waals surface area contributed by atoms with Gasteiger partial charge in [0, 0.05) is 0 Å². The highest BCUT2D eigenvalue weighted by molar-refractivity contribution is 5.84. The van der Waals surface area contributed by atoms with Crippen molar-refractivity contribution in [1.82, 2.24) is 0 Å². The van der Waals surface area contributed by atoms with E-state index in [2.05, 4.69) is 37.3 Å². The summed E-state index contributed by atoms with van der Waals surface area (Å²) in [7, 11) is 0. The van der Waals surface area contributed by atoms with Crippen molar-refractivity contribution in [3.05, 3.63) is 42.0 Å². The van der Waals surface area contributed by atoms with Crippen molar-refractivity contribution in [3.8, 4) is 11.8 Å². The molecule has 0 atom stereocenters. The Kier molecular flexibility index (Phi) is 9.65. The molecule has 0 radical (unpaired) electrons. The first-order valence-electron chi connectivity index (χ1n) is 10.4. The topological polar surface area (TPSA) is 33.0 Å². The number of nitrogens with zero attached hydrogens (tertiary/aromatic N) is 1. The normalized spacial score (nSPS) is 10.8. The maximum Gasteiger partial charge on any atom is 0.119 e. The molecule has 140 valence electrons. The van der Waals surface area contributed by atoms with Gasteiger partial charge in [-0.2, -0.15) is 5.26 Å². The highest BCUT2D eigenvalue weighted by atomic mass is 16.5. The van der Waals surface area contributed by atoms with Gasteiger partial charge in [-0.05, 0) is 34.9 Å². The standard InChI is InChI=1S/C24H33NO/c1-2-3-4-5-6-7-8-9-10-11-18-26-24-15-14-22-19-21(16-17-25)12-13-23(22)20-24/h12-15,19-20H,2-11,16,18H2,1H3. The van der Waals surface area contributed by atoms with Gasteiger partial charge in [-0.1, -0.05) is 89.0 Å². The Morgan fingerprint density at radius 2 is 1.38 bits per heavy atom. The van der Waals surface area contributed by atoms with Crippen LogP contribution in [-0.2, 0) is 6.42 Å². The van der Waals surface area contributed by atoms with Crippen molar-refractivity contribution in [1.29, 1.82) is 5.26 Å². The quantitative estimate of drug-likeness (QED) is 0.357. The van der Waals surface area contributed by atoms with E-state index in [0.29, 0.717) is 6.42 Å². The molecule has 0 fully saturated rings. The van der Waals surface area contributed by atoms with Gasteiger partial charge in [-0.25, -0.2) is 0 Å². The first-order chi connectivity index (χ1) is 12.8. The smallest absolute Gasteiger partial charge is 0.119 e. The fraction of sp³-hybridized carbons (Fsp3) is 0.542. The van der Waals surface area contributed by atoms with Gasteiger partial charge in [0.05, 0.1) is 19.1 Å². The summed E-state index contributed by atoms with van der Waals surface area (Å²) in [4.78, 5) is 0. The minimum atomic E-state index is 0.465. The number of unbranched alkanes of at least 4 members (excludes halogenated alkanes) is 9. The number of ether oxygens (including phenoxy) is 1. The third-order valence-corrected chi connectivity index (χ3v) is 4.93. The number of hydrogen-bond donors (Lipinski definition) is 0. The van der Waals surface area contributed by atoms with E-state index in [-0.39, 0.29) is 0 Å². The molecule has 26 heavy (non-hydrogen) atoms. The van der Waals surface area contributed by atoms with Crippen LogP contribution in [0.15, 0.2) is 36.4 Å². The van der Waals surface area contributed by atoms with E-state index in [1.807, 2.05) is 12.1 Å². The summed E-state index contributed by atoms with van der Waals surface area (Å²) in [6.45, 7) is 3.07. The number of rotatable bonds is 13. The van der Waals surface area contributed by atoms with Gasteiger partial charge in [0.15, 0.2) is 0 Å². The van der Waals surface area contributed by atoms with E-state index in [1.165, 1.54) is 68.6 Å². The van der Waals surface area contributed by atoms with Crippen LogP contribution >= 0.6 is 0 Å². The Labute approximate surface area is 159 Å². The average Bonchev–Trinajstić information content (AvgIpc) is 2.66. The summed E-state index contributed by atoms with van der Waals surface area (Å²) in [5, 5.41) is 11.1. The Hall–Kier alpha value is -2.01. The van der Waals surface area contributed by atoms with Crippen molar-refractivity contribution >= 4 is 10.8 Å². The molecule has 2 rings (SSSR count). The second-order valence-corrected chi connectivity index (χ2v) is 7.21. The lowest BCUT2D eigenvalue weighted by Crippen LogP contribution is -1.97. The van der Waals surface area contributed by atoms with Gasteiger partial charge in [0.2, 0.25) is 0 Å². The van der Waals surface area contributed by atoms with Crippen molar-refractivity contribution < 1.29 is 4.74 Å². The maximum atomic E-state index is 8.80. The predicted molar refractivity (Wildman–Crippen MR) is 111 cm³/mol. The minimum absolute atomic E-state index is 0.465. The molecular formula is C24H33NO. The van der Waals surface area contributed by atoms with Crippen LogP contribution in [0.5, 0.6) is 5.75 Å². The largest absolute Gasteiger partial charge is 0.494 e. The van der Waals surface area contributed by atoms with Crippen molar-refractivity contribution in [2.75, 3.05) is 6.61 Å². The van der Waals surface area contributed by atoms with Crippen LogP contribution in [0, 0.1) is 11.3 Å². The molecule has 0 aliphatic rings. The second-order valence-electron chi connectivity index (χ2n) is 7.21. The van der Waals surface area contributed by atoms with Crippen molar-refractivity contribution in [3.63, 3.8) is 0 Å². The zero-order valence-electron chi connectivity index (χ0n) is 16.3. The number of hydrogen-bond acceptors (Lipinski definition) is 2. The predicted octanol–water partition coefficient (Wildman–Crippen LogP) is 7.21. The molecule has 0 N–H and O–H groups in total. The first-order valence-corrected chi connectivity index (χ1v) is 10.4. The summed E-state index contributed by atoms with van der Waals surface area (Å²) >= 11 is 0. The Morgan fingerprint density at radius 3 is 2.08 bits per heavy atom. The number of nitriles is 1. The lowest BCUT2D eigenvalue weighted by Gasteiger charge is -2.08. The molecule has 0 aromatic heterocycles.